The second-order valence-corrected chi connectivity index (χ2v) is 8.55. The van der Waals surface area contributed by atoms with Crippen LogP contribution in [-0.4, -0.2) is 50.2 Å². The van der Waals surface area contributed by atoms with Crippen LogP contribution >= 0.6 is 0 Å². The van der Waals surface area contributed by atoms with Gasteiger partial charge in [0.2, 0.25) is 5.75 Å². The highest BCUT2D eigenvalue weighted by Gasteiger charge is 2.25. The van der Waals surface area contributed by atoms with Crippen LogP contribution in [0.15, 0.2) is 42.5 Å². The third kappa shape index (κ3) is 4.61. The Hall–Kier alpha value is -3.28. The number of nitrogens with zero attached hydrogens (tertiary/aromatic N) is 2. The molecular formula is C27H32N2O4. The van der Waals surface area contributed by atoms with E-state index in [9.17, 15) is 4.79 Å². The van der Waals surface area contributed by atoms with Crippen molar-refractivity contribution in [3.63, 3.8) is 0 Å². The van der Waals surface area contributed by atoms with Crippen molar-refractivity contribution in [2.45, 2.75) is 44.6 Å². The van der Waals surface area contributed by atoms with Gasteiger partial charge in [-0.1, -0.05) is 43.9 Å². The fraction of sp³-hybridized carbons (Fsp3) is 0.407. The van der Waals surface area contributed by atoms with E-state index in [-0.39, 0.29) is 11.9 Å². The van der Waals surface area contributed by atoms with Crippen LogP contribution < -0.4 is 14.2 Å². The molecule has 3 aromatic rings. The molecule has 1 aliphatic rings. The van der Waals surface area contributed by atoms with Gasteiger partial charge >= 0.3 is 0 Å². The van der Waals surface area contributed by atoms with Gasteiger partial charge in [-0.2, -0.15) is 0 Å². The van der Waals surface area contributed by atoms with Gasteiger partial charge in [0.1, 0.15) is 0 Å². The van der Waals surface area contributed by atoms with Gasteiger partial charge in [-0.25, -0.2) is 4.98 Å². The van der Waals surface area contributed by atoms with Gasteiger partial charge < -0.3 is 19.1 Å². The van der Waals surface area contributed by atoms with Crippen molar-refractivity contribution in [2.75, 3.05) is 28.4 Å². The van der Waals surface area contributed by atoms with Crippen LogP contribution in [0.4, 0.5) is 0 Å². The molecule has 6 nitrogen and oxygen atoms in total. The Morgan fingerprint density at radius 3 is 2.15 bits per heavy atom. The zero-order valence-electron chi connectivity index (χ0n) is 19.9. The fourth-order valence-electron chi connectivity index (χ4n) is 4.73. The lowest BCUT2D eigenvalue weighted by Gasteiger charge is -2.28. The predicted molar refractivity (Wildman–Crippen MR) is 130 cm³/mol. The van der Waals surface area contributed by atoms with Crippen molar-refractivity contribution in [3.05, 3.63) is 48.0 Å². The summed E-state index contributed by atoms with van der Waals surface area (Å²) in [4.78, 5) is 20.5. The van der Waals surface area contributed by atoms with Gasteiger partial charge in [-0.15, -0.1) is 0 Å². The van der Waals surface area contributed by atoms with E-state index in [0.717, 1.165) is 29.3 Å². The van der Waals surface area contributed by atoms with E-state index >= 15 is 0 Å². The van der Waals surface area contributed by atoms with E-state index in [1.165, 1.54) is 25.7 Å². The topological polar surface area (TPSA) is 60.9 Å². The maximum atomic E-state index is 13.7. The predicted octanol–water partition coefficient (Wildman–Crippen LogP) is 5.72. The Balaban J connectivity index is 1.82. The molecule has 0 aliphatic heterocycles. The zero-order valence-corrected chi connectivity index (χ0v) is 19.9. The van der Waals surface area contributed by atoms with Crippen LogP contribution in [0.5, 0.6) is 17.2 Å². The molecule has 0 radical (unpaired) electrons. The molecule has 1 aliphatic carbocycles. The lowest BCUT2D eigenvalue weighted by atomic mass is 10.0. The fourth-order valence-corrected chi connectivity index (χ4v) is 4.73. The van der Waals surface area contributed by atoms with Crippen molar-refractivity contribution in [3.8, 4) is 28.5 Å². The molecule has 0 bridgehead atoms. The molecule has 1 aromatic heterocycles. The number of hydrogen-bond donors (Lipinski definition) is 0. The molecule has 1 fully saturated rings. The normalized spacial score (nSPS) is 14.5. The Labute approximate surface area is 195 Å². The number of benzene rings is 2. The number of carbonyl (C=O) groups excluding carboxylic acids is 1. The average Bonchev–Trinajstić information content (AvgIpc) is 3.15. The maximum absolute atomic E-state index is 13.7. The second-order valence-electron chi connectivity index (χ2n) is 8.55. The Morgan fingerprint density at radius 1 is 0.909 bits per heavy atom. The molecule has 4 rings (SSSR count). The van der Waals surface area contributed by atoms with E-state index in [0.29, 0.717) is 28.5 Å². The number of fused-ring (bicyclic) bond motifs is 1. The molecule has 6 heteroatoms. The van der Waals surface area contributed by atoms with Gasteiger partial charge in [0.25, 0.3) is 5.91 Å². The van der Waals surface area contributed by atoms with Gasteiger partial charge in [0.05, 0.1) is 38.1 Å². The number of ether oxygens (including phenoxy) is 3. The number of hydrogen-bond acceptors (Lipinski definition) is 5. The molecule has 1 heterocycles. The summed E-state index contributed by atoms with van der Waals surface area (Å²) in [6, 6.07) is 13.7. The minimum absolute atomic E-state index is 0.0363. The minimum Gasteiger partial charge on any atom is -0.493 e. The number of methoxy groups -OCH3 is 3. The van der Waals surface area contributed by atoms with Gasteiger partial charge in [0.15, 0.2) is 11.5 Å². The molecule has 2 aromatic carbocycles. The van der Waals surface area contributed by atoms with E-state index in [1.54, 1.807) is 21.3 Å². The third-order valence-electron chi connectivity index (χ3n) is 6.60. The highest BCUT2D eigenvalue weighted by Crippen LogP contribution is 2.41. The van der Waals surface area contributed by atoms with Crippen LogP contribution in [0.3, 0.4) is 0 Å². The van der Waals surface area contributed by atoms with Crippen LogP contribution in [0, 0.1) is 0 Å². The minimum atomic E-state index is 0.0363. The van der Waals surface area contributed by atoms with Crippen LogP contribution in [-0.2, 0) is 0 Å². The molecule has 0 atom stereocenters. The lowest BCUT2D eigenvalue weighted by Crippen LogP contribution is -2.36. The molecule has 33 heavy (non-hydrogen) atoms. The molecule has 0 N–H and O–H groups in total. The summed E-state index contributed by atoms with van der Waals surface area (Å²) in [5.41, 5.74) is 2.92. The standard InChI is InChI=1S/C27H32N2O4/c1-29(19-11-7-5-6-8-12-19)27(30)21-17-23(28-22-14-10-9-13-20(21)22)18-15-24(31-2)26(33-4)25(16-18)32-3/h9-10,13-17,19H,5-8,11-12H2,1-4H3. The number of pyridine rings is 1. The van der Waals surface area contributed by atoms with Crippen LogP contribution in [0.25, 0.3) is 22.2 Å². The molecule has 0 saturated heterocycles. The van der Waals surface area contributed by atoms with Crippen molar-refractivity contribution in [1.82, 2.24) is 9.88 Å². The highest BCUT2D eigenvalue weighted by molar-refractivity contribution is 6.07. The number of amides is 1. The van der Waals surface area contributed by atoms with Crippen LogP contribution in [0.1, 0.15) is 48.9 Å². The summed E-state index contributed by atoms with van der Waals surface area (Å²) in [5, 5.41) is 0.860. The van der Waals surface area contributed by atoms with Crippen molar-refractivity contribution < 1.29 is 19.0 Å². The molecular weight excluding hydrogens is 416 g/mol. The summed E-state index contributed by atoms with van der Waals surface area (Å²) in [7, 11) is 6.69. The van der Waals surface area contributed by atoms with Crippen LogP contribution in [0.2, 0.25) is 0 Å². The zero-order chi connectivity index (χ0) is 23.4. The molecule has 0 unspecified atom stereocenters. The third-order valence-corrected chi connectivity index (χ3v) is 6.60. The van der Waals surface area contributed by atoms with E-state index in [2.05, 4.69) is 0 Å². The van der Waals surface area contributed by atoms with Crippen molar-refractivity contribution in [2.24, 2.45) is 0 Å². The van der Waals surface area contributed by atoms with E-state index in [4.69, 9.17) is 19.2 Å². The monoisotopic (exact) mass is 448 g/mol. The Morgan fingerprint density at radius 2 is 1.55 bits per heavy atom. The Kier molecular flexibility index (Phi) is 7.02. The maximum Gasteiger partial charge on any atom is 0.254 e. The number of para-hydroxylation sites is 1. The molecule has 174 valence electrons. The van der Waals surface area contributed by atoms with Gasteiger partial charge in [-0.05, 0) is 37.1 Å². The molecule has 0 spiro atoms. The first-order chi connectivity index (χ1) is 16.1. The second kappa shape index (κ2) is 10.1. The number of carbonyl (C=O) groups is 1. The molecule has 1 amide bonds. The molecule has 1 saturated carbocycles. The highest BCUT2D eigenvalue weighted by atomic mass is 16.5. The average molecular weight is 449 g/mol. The number of rotatable bonds is 6. The smallest absolute Gasteiger partial charge is 0.254 e. The first kappa shape index (κ1) is 22.9. The first-order valence-electron chi connectivity index (χ1n) is 11.5. The number of aromatic nitrogens is 1. The summed E-state index contributed by atoms with van der Waals surface area (Å²) in [6.07, 6.45) is 6.98. The summed E-state index contributed by atoms with van der Waals surface area (Å²) >= 11 is 0. The quantitative estimate of drug-likeness (QED) is 0.451. The van der Waals surface area contributed by atoms with E-state index < -0.39 is 0 Å². The largest absolute Gasteiger partial charge is 0.493 e. The Bertz CT molecular complexity index is 1110. The van der Waals surface area contributed by atoms with Crippen molar-refractivity contribution in [1.29, 1.82) is 0 Å². The summed E-state index contributed by atoms with van der Waals surface area (Å²) in [5.74, 6) is 1.65. The first-order valence-corrected chi connectivity index (χ1v) is 11.5. The van der Waals surface area contributed by atoms with Crippen molar-refractivity contribution >= 4 is 16.8 Å². The van der Waals surface area contributed by atoms with Gasteiger partial charge in [0, 0.05) is 24.0 Å². The summed E-state index contributed by atoms with van der Waals surface area (Å²) in [6.45, 7) is 0. The van der Waals surface area contributed by atoms with E-state index in [1.807, 2.05) is 54.4 Å². The lowest BCUT2D eigenvalue weighted by molar-refractivity contribution is 0.0719. The van der Waals surface area contributed by atoms with Gasteiger partial charge in [-0.3, -0.25) is 4.79 Å². The summed E-state index contributed by atoms with van der Waals surface area (Å²) < 4.78 is 16.5. The SMILES string of the molecule is COc1cc(-c2cc(C(=O)N(C)C3CCCCCC3)c3ccccc3n2)cc(OC)c1OC.